The van der Waals surface area contributed by atoms with Crippen LogP contribution in [0, 0.1) is 6.92 Å². The van der Waals surface area contributed by atoms with Gasteiger partial charge >= 0.3 is 0 Å². The summed E-state index contributed by atoms with van der Waals surface area (Å²) in [5.41, 5.74) is 4.10. The molecule has 1 heterocycles. The predicted molar refractivity (Wildman–Crippen MR) is 111 cm³/mol. The van der Waals surface area contributed by atoms with Crippen LogP contribution in [-0.4, -0.2) is 30.1 Å². The van der Waals surface area contributed by atoms with Gasteiger partial charge in [-0.05, 0) is 48.7 Å². The smallest absolute Gasteiger partial charge is 0.0605 e. The van der Waals surface area contributed by atoms with Crippen LogP contribution in [0.2, 0.25) is 0 Å². The second-order valence-electron chi connectivity index (χ2n) is 7.78. The predicted octanol–water partition coefficient (Wildman–Crippen LogP) is 4.92. The van der Waals surface area contributed by atoms with Gasteiger partial charge < -0.3 is 5.32 Å². The van der Waals surface area contributed by atoms with Crippen molar-refractivity contribution in [3.63, 3.8) is 0 Å². The van der Waals surface area contributed by atoms with Crippen molar-refractivity contribution in [1.29, 1.82) is 0 Å². The standard InChI is InChI=1S/C24H28N2/c1-17-7-6-10-22(13-17)24(26-16-18(2)25-15-19(26)3)23-12-11-20-8-4-5-9-21(20)14-23/h4-14,18-19,24-25H,15-16H2,1-3H3/t18-,19+,24?/m1/s1. The Bertz CT molecular complexity index is 901. The van der Waals surface area contributed by atoms with Crippen molar-refractivity contribution in [2.24, 2.45) is 0 Å². The number of nitrogens with one attached hydrogen (secondary N) is 1. The van der Waals surface area contributed by atoms with Gasteiger partial charge in [-0.3, -0.25) is 4.90 Å². The first-order valence-electron chi connectivity index (χ1n) is 9.66. The van der Waals surface area contributed by atoms with Crippen LogP contribution >= 0.6 is 0 Å². The molecule has 0 saturated carbocycles. The molecule has 3 aromatic carbocycles. The van der Waals surface area contributed by atoms with Crippen LogP contribution in [0.3, 0.4) is 0 Å². The number of hydrogen-bond donors (Lipinski definition) is 1. The first-order valence-corrected chi connectivity index (χ1v) is 9.66. The van der Waals surface area contributed by atoms with E-state index < -0.39 is 0 Å². The molecule has 1 fully saturated rings. The van der Waals surface area contributed by atoms with Crippen molar-refractivity contribution in [2.45, 2.75) is 38.9 Å². The monoisotopic (exact) mass is 344 g/mol. The van der Waals surface area contributed by atoms with Crippen LogP contribution in [0.1, 0.15) is 36.6 Å². The highest BCUT2D eigenvalue weighted by molar-refractivity contribution is 5.83. The minimum absolute atomic E-state index is 0.291. The lowest BCUT2D eigenvalue weighted by molar-refractivity contribution is 0.113. The Hall–Kier alpha value is -2.16. The fourth-order valence-electron chi connectivity index (χ4n) is 4.20. The zero-order valence-corrected chi connectivity index (χ0v) is 15.9. The Labute approximate surface area is 156 Å². The molecule has 2 nitrogen and oxygen atoms in total. The minimum Gasteiger partial charge on any atom is -0.311 e. The van der Waals surface area contributed by atoms with Crippen LogP contribution in [0.25, 0.3) is 10.8 Å². The molecule has 3 atom stereocenters. The molecule has 1 aliphatic rings. The maximum absolute atomic E-state index is 3.62. The molecule has 1 unspecified atom stereocenters. The molecular formula is C24H28N2. The van der Waals surface area contributed by atoms with Crippen LogP contribution in [0.4, 0.5) is 0 Å². The molecule has 134 valence electrons. The van der Waals surface area contributed by atoms with Crippen molar-refractivity contribution >= 4 is 10.8 Å². The lowest BCUT2D eigenvalue weighted by Crippen LogP contribution is -2.55. The van der Waals surface area contributed by atoms with Gasteiger partial charge in [0.1, 0.15) is 0 Å². The van der Waals surface area contributed by atoms with Crippen molar-refractivity contribution in [3.05, 3.63) is 83.4 Å². The Morgan fingerprint density at radius 1 is 0.885 bits per heavy atom. The first kappa shape index (κ1) is 17.3. The summed E-state index contributed by atoms with van der Waals surface area (Å²) >= 11 is 0. The molecule has 1 N–H and O–H groups in total. The number of rotatable bonds is 3. The van der Waals surface area contributed by atoms with E-state index >= 15 is 0 Å². The third kappa shape index (κ3) is 3.40. The van der Waals surface area contributed by atoms with Gasteiger partial charge in [-0.15, -0.1) is 0 Å². The number of piperazine rings is 1. The Balaban J connectivity index is 1.83. The number of fused-ring (bicyclic) bond motifs is 1. The SMILES string of the molecule is Cc1cccc(C(c2ccc3ccccc3c2)N2C[C@@H](C)NC[C@@H]2C)c1. The van der Waals surface area contributed by atoms with Crippen molar-refractivity contribution in [1.82, 2.24) is 10.2 Å². The van der Waals surface area contributed by atoms with Crippen molar-refractivity contribution in [3.8, 4) is 0 Å². The maximum atomic E-state index is 3.62. The summed E-state index contributed by atoms with van der Waals surface area (Å²) in [6.45, 7) is 8.91. The largest absolute Gasteiger partial charge is 0.311 e. The Morgan fingerprint density at radius 3 is 2.46 bits per heavy atom. The van der Waals surface area contributed by atoms with E-state index in [2.05, 4.69) is 97.7 Å². The molecule has 3 aromatic rings. The zero-order chi connectivity index (χ0) is 18.1. The third-order valence-electron chi connectivity index (χ3n) is 5.59. The minimum atomic E-state index is 0.291. The Morgan fingerprint density at radius 2 is 1.65 bits per heavy atom. The topological polar surface area (TPSA) is 15.3 Å². The van der Waals surface area contributed by atoms with E-state index in [9.17, 15) is 0 Å². The van der Waals surface area contributed by atoms with Gasteiger partial charge in [0.25, 0.3) is 0 Å². The quantitative estimate of drug-likeness (QED) is 0.725. The summed E-state index contributed by atoms with van der Waals surface area (Å²) in [5, 5.41) is 6.24. The molecule has 26 heavy (non-hydrogen) atoms. The first-order chi connectivity index (χ1) is 12.6. The normalized spacial score (nSPS) is 22.4. The molecule has 1 aliphatic heterocycles. The molecular weight excluding hydrogens is 316 g/mol. The number of nitrogens with zero attached hydrogens (tertiary/aromatic N) is 1. The van der Waals surface area contributed by atoms with Gasteiger partial charge in [0, 0.05) is 25.2 Å². The van der Waals surface area contributed by atoms with E-state index in [1.165, 1.54) is 27.5 Å². The van der Waals surface area contributed by atoms with Gasteiger partial charge in [0.15, 0.2) is 0 Å². The molecule has 1 saturated heterocycles. The van der Waals surface area contributed by atoms with Crippen LogP contribution < -0.4 is 5.32 Å². The third-order valence-corrected chi connectivity index (χ3v) is 5.59. The second-order valence-corrected chi connectivity index (χ2v) is 7.78. The van der Waals surface area contributed by atoms with E-state index in [0.29, 0.717) is 18.1 Å². The number of aryl methyl sites for hydroxylation is 1. The lowest BCUT2D eigenvalue weighted by Gasteiger charge is -2.43. The van der Waals surface area contributed by atoms with E-state index in [1.54, 1.807) is 0 Å². The van der Waals surface area contributed by atoms with E-state index in [-0.39, 0.29) is 0 Å². The van der Waals surface area contributed by atoms with E-state index in [1.807, 2.05) is 0 Å². The lowest BCUT2D eigenvalue weighted by atomic mass is 9.92. The highest BCUT2D eigenvalue weighted by Crippen LogP contribution is 2.33. The van der Waals surface area contributed by atoms with E-state index in [0.717, 1.165) is 13.1 Å². The molecule has 0 aliphatic carbocycles. The van der Waals surface area contributed by atoms with E-state index in [4.69, 9.17) is 0 Å². The molecule has 2 heteroatoms. The summed E-state index contributed by atoms with van der Waals surface area (Å²) in [6.07, 6.45) is 0. The summed E-state index contributed by atoms with van der Waals surface area (Å²) < 4.78 is 0. The Kier molecular flexibility index (Phi) is 4.80. The van der Waals surface area contributed by atoms with Crippen LogP contribution in [0.15, 0.2) is 66.7 Å². The molecule has 0 aromatic heterocycles. The van der Waals surface area contributed by atoms with Gasteiger partial charge in [0.2, 0.25) is 0 Å². The molecule has 0 spiro atoms. The fraction of sp³-hybridized carbons (Fsp3) is 0.333. The zero-order valence-electron chi connectivity index (χ0n) is 15.9. The highest BCUT2D eigenvalue weighted by atomic mass is 15.2. The summed E-state index contributed by atoms with van der Waals surface area (Å²) in [6, 6.07) is 25.9. The van der Waals surface area contributed by atoms with Gasteiger partial charge in [0.05, 0.1) is 6.04 Å². The summed E-state index contributed by atoms with van der Waals surface area (Å²) in [4.78, 5) is 2.67. The number of benzene rings is 3. The van der Waals surface area contributed by atoms with Gasteiger partial charge in [-0.25, -0.2) is 0 Å². The summed E-state index contributed by atoms with van der Waals surface area (Å²) in [5.74, 6) is 0. The molecule has 0 radical (unpaired) electrons. The highest BCUT2D eigenvalue weighted by Gasteiger charge is 2.31. The van der Waals surface area contributed by atoms with Crippen molar-refractivity contribution < 1.29 is 0 Å². The molecule has 0 bridgehead atoms. The van der Waals surface area contributed by atoms with Crippen LogP contribution in [0.5, 0.6) is 0 Å². The summed E-state index contributed by atoms with van der Waals surface area (Å²) in [7, 11) is 0. The van der Waals surface area contributed by atoms with Gasteiger partial charge in [-0.2, -0.15) is 0 Å². The fourth-order valence-corrected chi connectivity index (χ4v) is 4.20. The molecule has 4 rings (SSSR count). The number of hydrogen-bond acceptors (Lipinski definition) is 2. The van der Waals surface area contributed by atoms with Crippen LogP contribution in [-0.2, 0) is 0 Å². The second kappa shape index (κ2) is 7.22. The maximum Gasteiger partial charge on any atom is 0.0605 e. The average molecular weight is 345 g/mol. The van der Waals surface area contributed by atoms with Gasteiger partial charge in [-0.1, -0.05) is 66.2 Å². The molecule has 0 amide bonds. The average Bonchev–Trinajstić information content (AvgIpc) is 2.65. The van der Waals surface area contributed by atoms with Crippen molar-refractivity contribution in [2.75, 3.05) is 13.1 Å².